The lowest BCUT2D eigenvalue weighted by atomic mass is 9.97. The highest BCUT2D eigenvalue weighted by atomic mass is 32.2. The SMILES string of the molecule is CN(CC(C)(C)C)S(=O)(=O)CCC(=O)O. The first-order valence-corrected chi connectivity index (χ1v) is 6.31. The number of carbonyl (C=O) groups is 1. The smallest absolute Gasteiger partial charge is 0.304 e. The lowest BCUT2D eigenvalue weighted by Crippen LogP contribution is -2.36. The van der Waals surface area contributed by atoms with Crippen molar-refractivity contribution in [3.63, 3.8) is 0 Å². The summed E-state index contributed by atoms with van der Waals surface area (Å²) in [7, 11) is -1.96. The van der Waals surface area contributed by atoms with Crippen LogP contribution < -0.4 is 0 Å². The predicted octanol–water partition coefficient (Wildman–Crippen LogP) is 0.769. The van der Waals surface area contributed by atoms with E-state index in [9.17, 15) is 13.2 Å². The van der Waals surface area contributed by atoms with Gasteiger partial charge < -0.3 is 5.11 Å². The minimum atomic E-state index is -3.44. The van der Waals surface area contributed by atoms with Crippen LogP contribution in [0.3, 0.4) is 0 Å². The van der Waals surface area contributed by atoms with Crippen molar-refractivity contribution in [3.8, 4) is 0 Å². The maximum Gasteiger partial charge on any atom is 0.304 e. The lowest BCUT2D eigenvalue weighted by molar-refractivity contribution is -0.136. The highest BCUT2D eigenvalue weighted by Crippen LogP contribution is 2.16. The van der Waals surface area contributed by atoms with Crippen LogP contribution in [0.15, 0.2) is 0 Å². The number of rotatable bonds is 5. The highest BCUT2D eigenvalue weighted by Gasteiger charge is 2.23. The first kappa shape index (κ1) is 14.4. The highest BCUT2D eigenvalue weighted by molar-refractivity contribution is 7.89. The Hall–Kier alpha value is -0.620. The molecule has 5 nitrogen and oxygen atoms in total. The van der Waals surface area contributed by atoms with E-state index in [4.69, 9.17) is 5.11 Å². The molecular formula is C9H19NO4S. The van der Waals surface area contributed by atoms with Crippen LogP contribution in [0.2, 0.25) is 0 Å². The van der Waals surface area contributed by atoms with Crippen molar-refractivity contribution in [3.05, 3.63) is 0 Å². The van der Waals surface area contributed by atoms with Crippen molar-refractivity contribution < 1.29 is 18.3 Å². The minimum absolute atomic E-state index is 0.134. The van der Waals surface area contributed by atoms with Gasteiger partial charge in [0.25, 0.3) is 0 Å². The number of nitrogens with zero attached hydrogens (tertiary/aromatic N) is 1. The number of sulfonamides is 1. The quantitative estimate of drug-likeness (QED) is 0.766. The zero-order valence-corrected chi connectivity index (χ0v) is 10.5. The van der Waals surface area contributed by atoms with E-state index in [1.54, 1.807) is 0 Å². The van der Waals surface area contributed by atoms with Gasteiger partial charge >= 0.3 is 5.97 Å². The monoisotopic (exact) mass is 237 g/mol. The fourth-order valence-electron chi connectivity index (χ4n) is 1.14. The third-order valence-electron chi connectivity index (χ3n) is 1.75. The normalized spacial score (nSPS) is 13.1. The molecule has 0 aliphatic rings. The summed E-state index contributed by atoms with van der Waals surface area (Å²) in [4.78, 5) is 10.3. The molecule has 0 amide bonds. The number of hydrogen-bond acceptors (Lipinski definition) is 3. The van der Waals surface area contributed by atoms with Crippen LogP contribution in [0.4, 0.5) is 0 Å². The Bertz CT molecular complexity index is 315. The summed E-state index contributed by atoms with van der Waals surface area (Å²) >= 11 is 0. The molecule has 0 atom stereocenters. The van der Waals surface area contributed by atoms with Crippen molar-refractivity contribution in [2.45, 2.75) is 27.2 Å². The number of hydrogen-bond donors (Lipinski definition) is 1. The second kappa shape index (κ2) is 4.94. The number of aliphatic carboxylic acids is 1. The van der Waals surface area contributed by atoms with E-state index in [-0.39, 0.29) is 17.6 Å². The average Bonchev–Trinajstić information content (AvgIpc) is 1.97. The van der Waals surface area contributed by atoms with Crippen LogP contribution in [-0.4, -0.2) is 43.1 Å². The topological polar surface area (TPSA) is 74.7 Å². The fourth-order valence-corrected chi connectivity index (χ4v) is 2.47. The summed E-state index contributed by atoms with van der Waals surface area (Å²) in [6.07, 6.45) is -0.350. The van der Waals surface area contributed by atoms with Crippen molar-refractivity contribution in [2.24, 2.45) is 5.41 Å². The van der Waals surface area contributed by atoms with Gasteiger partial charge in [-0.25, -0.2) is 12.7 Å². The Morgan fingerprint density at radius 1 is 1.33 bits per heavy atom. The van der Waals surface area contributed by atoms with Gasteiger partial charge in [0.05, 0.1) is 12.2 Å². The number of carboxylic acid groups (broad SMARTS) is 1. The molecule has 0 fully saturated rings. The summed E-state index contributed by atoms with van der Waals surface area (Å²) < 4.78 is 24.4. The molecule has 0 saturated heterocycles. The zero-order valence-electron chi connectivity index (χ0n) is 9.65. The van der Waals surface area contributed by atoms with Gasteiger partial charge in [0.2, 0.25) is 10.0 Å². The molecule has 1 N–H and O–H groups in total. The van der Waals surface area contributed by atoms with Crippen LogP contribution in [0.25, 0.3) is 0 Å². The molecule has 0 aromatic heterocycles. The molecule has 0 spiro atoms. The molecule has 0 bridgehead atoms. The van der Waals surface area contributed by atoms with Crippen LogP contribution in [0, 0.1) is 5.41 Å². The van der Waals surface area contributed by atoms with E-state index in [0.29, 0.717) is 6.54 Å². The van der Waals surface area contributed by atoms with Crippen molar-refractivity contribution >= 4 is 16.0 Å². The third-order valence-corrected chi connectivity index (χ3v) is 3.54. The maximum absolute atomic E-state index is 11.6. The van der Waals surface area contributed by atoms with Gasteiger partial charge in [-0.05, 0) is 5.41 Å². The van der Waals surface area contributed by atoms with E-state index in [1.807, 2.05) is 20.8 Å². The molecule has 0 unspecified atom stereocenters. The van der Waals surface area contributed by atoms with E-state index in [2.05, 4.69) is 0 Å². The fraction of sp³-hybridized carbons (Fsp3) is 0.889. The summed E-state index contributed by atoms with van der Waals surface area (Å²) in [5.74, 6) is -1.43. The standard InChI is InChI=1S/C9H19NO4S/c1-9(2,3)7-10(4)15(13,14)6-5-8(11)12/h5-7H2,1-4H3,(H,11,12). The Labute approximate surface area is 91.1 Å². The lowest BCUT2D eigenvalue weighted by Gasteiger charge is -2.25. The molecule has 0 aliphatic carbocycles. The first-order chi connectivity index (χ1) is 6.54. The largest absolute Gasteiger partial charge is 0.481 e. The Morgan fingerprint density at radius 2 is 1.80 bits per heavy atom. The van der Waals surface area contributed by atoms with Gasteiger partial charge in [-0.2, -0.15) is 0 Å². The van der Waals surface area contributed by atoms with E-state index in [1.165, 1.54) is 11.4 Å². The molecule has 0 radical (unpaired) electrons. The molecule has 0 saturated carbocycles. The van der Waals surface area contributed by atoms with Crippen LogP contribution in [0.1, 0.15) is 27.2 Å². The van der Waals surface area contributed by atoms with Gasteiger partial charge in [0, 0.05) is 13.6 Å². The summed E-state index contributed by atoms with van der Waals surface area (Å²) in [6.45, 7) is 6.16. The molecule has 0 aromatic carbocycles. The van der Waals surface area contributed by atoms with E-state index < -0.39 is 16.0 Å². The van der Waals surface area contributed by atoms with Crippen LogP contribution in [0.5, 0.6) is 0 Å². The molecule has 90 valence electrons. The van der Waals surface area contributed by atoms with Gasteiger partial charge in [-0.1, -0.05) is 20.8 Å². The molecule has 6 heteroatoms. The van der Waals surface area contributed by atoms with Crippen molar-refractivity contribution in [1.29, 1.82) is 0 Å². The third kappa shape index (κ3) is 6.46. The molecule has 0 heterocycles. The Morgan fingerprint density at radius 3 is 2.13 bits per heavy atom. The van der Waals surface area contributed by atoms with E-state index >= 15 is 0 Å². The van der Waals surface area contributed by atoms with Crippen LogP contribution in [-0.2, 0) is 14.8 Å². The van der Waals surface area contributed by atoms with Crippen LogP contribution >= 0.6 is 0 Å². The molecule has 0 aromatic rings. The van der Waals surface area contributed by atoms with Crippen molar-refractivity contribution in [2.75, 3.05) is 19.3 Å². The maximum atomic E-state index is 11.6. The zero-order chi connectivity index (χ0) is 12.3. The predicted molar refractivity (Wildman–Crippen MR) is 58.1 cm³/mol. The Balaban J connectivity index is 4.40. The second-order valence-electron chi connectivity index (χ2n) is 4.78. The minimum Gasteiger partial charge on any atom is -0.481 e. The van der Waals surface area contributed by atoms with Gasteiger partial charge in [0.15, 0.2) is 0 Å². The van der Waals surface area contributed by atoms with Gasteiger partial charge in [0.1, 0.15) is 0 Å². The summed E-state index contributed by atoms with van der Waals surface area (Å²) in [5, 5.41) is 8.41. The van der Waals surface area contributed by atoms with Gasteiger partial charge in [-0.3, -0.25) is 4.79 Å². The first-order valence-electron chi connectivity index (χ1n) is 4.70. The second-order valence-corrected chi connectivity index (χ2v) is 6.97. The van der Waals surface area contributed by atoms with E-state index in [0.717, 1.165) is 0 Å². The summed E-state index contributed by atoms with van der Waals surface area (Å²) in [6, 6.07) is 0. The molecular weight excluding hydrogens is 218 g/mol. The molecule has 0 rings (SSSR count). The molecule has 15 heavy (non-hydrogen) atoms. The molecule has 0 aliphatic heterocycles. The Kier molecular flexibility index (Phi) is 4.73. The summed E-state index contributed by atoms with van der Waals surface area (Å²) in [5.41, 5.74) is -0.134. The van der Waals surface area contributed by atoms with Gasteiger partial charge in [-0.15, -0.1) is 0 Å². The van der Waals surface area contributed by atoms with Crippen molar-refractivity contribution in [1.82, 2.24) is 4.31 Å². The average molecular weight is 237 g/mol. The number of carboxylic acids is 1.